The molecule has 4 aliphatic rings. The molecule has 1 saturated carbocycles. The highest BCUT2D eigenvalue weighted by molar-refractivity contribution is 5.94. The van der Waals surface area contributed by atoms with E-state index in [9.17, 15) is 4.79 Å². The number of nitrogens with zero attached hydrogens (tertiary/aromatic N) is 2. The predicted octanol–water partition coefficient (Wildman–Crippen LogP) is 4.15. The number of carbonyl (C=O) groups is 1. The van der Waals surface area contributed by atoms with Gasteiger partial charge in [0, 0.05) is 38.3 Å². The number of allylic oxidation sites excluding steroid dienone is 1. The molecule has 0 N–H and O–H groups in total. The lowest BCUT2D eigenvalue weighted by Gasteiger charge is -2.57. The zero-order valence-corrected chi connectivity index (χ0v) is 18.3. The number of fused-ring (bicyclic) bond motifs is 1. The van der Waals surface area contributed by atoms with Crippen molar-refractivity contribution in [2.24, 2.45) is 17.3 Å². The Morgan fingerprint density at radius 2 is 1.93 bits per heavy atom. The Bertz CT molecular complexity index is 747. The summed E-state index contributed by atoms with van der Waals surface area (Å²) in [4.78, 5) is 17.9. The smallest absolute Gasteiger partial charge is 0.254 e. The molecule has 2 fully saturated rings. The Hall–Kier alpha value is -1.65. The first kappa shape index (κ1) is 20.6. The standard InChI is InChI=1S/C25H36N2O2/c1-19-5-7-20(8-6-19)24(28)27(12-4-11-26-13-15-29-16-14-26)18-21-9-10-22-17-23(21)25(22,2)3/h5-9,22-23H,4,10-18H2,1-3H3. The molecule has 0 aromatic heterocycles. The van der Waals surface area contributed by atoms with Crippen LogP contribution in [0.5, 0.6) is 0 Å². The monoisotopic (exact) mass is 396 g/mol. The van der Waals surface area contributed by atoms with Gasteiger partial charge in [-0.15, -0.1) is 0 Å². The van der Waals surface area contributed by atoms with Gasteiger partial charge in [0.2, 0.25) is 0 Å². The number of benzene rings is 1. The summed E-state index contributed by atoms with van der Waals surface area (Å²) in [6.45, 7) is 13.2. The van der Waals surface area contributed by atoms with Gasteiger partial charge in [-0.1, -0.05) is 43.2 Å². The minimum Gasteiger partial charge on any atom is -0.379 e. The van der Waals surface area contributed by atoms with E-state index in [2.05, 4.69) is 36.6 Å². The van der Waals surface area contributed by atoms with Crippen LogP contribution in [-0.2, 0) is 4.74 Å². The fraction of sp³-hybridized carbons (Fsp3) is 0.640. The fourth-order valence-corrected chi connectivity index (χ4v) is 5.32. The lowest BCUT2D eigenvalue weighted by atomic mass is 9.49. The van der Waals surface area contributed by atoms with Gasteiger partial charge in [0.05, 0.1) is 13.2 Å². The number of amides is 1. The van der Waals surface area contributed by atoms with Crippen LogP contribution in [0, 0.1) is 24.2 Å². The predicted molar refractivity (Wildman–Crippen MR) is 117 cm³/mol. The molecule has 2 unspecified atom stereocenters. The van der Waals surface area contributed by atoms with E-state index < -0.39 is 0 Å². The van der Waals surface area contributed by atoms with Gasteiger partial charge in [-0.3, -0.25) is 9.69 Å². The van der Waals surface area contributed by atoms with Crippen molar-refractivity contribution in [3.63, 3.8) is 0 Å². The topological polar surface area (TPSA) is 32.8 Å². The zero-order chi connectivity index (χ0) is 20.4. The Morgan fingerprint density at radius 3 is 2.59 bits per heavy atom. The molecule has 1 amide bonds. The zero-order valence-electron chi connectivity index (χ0n) is 18.3. The first-order valence-electron chi connectivity index (χ1n) is 11.3. The van der Waals surface area contributed by atoms with Gasteiger partial charge >= 0.3 is 0 Å². The van der Waals surface area contributed by atoms with Gasteiger partial charge < -0.3 is 9.64 Å². The summed E-state index contributed by atoms with van der Waals surface area (Å²) in [7, 11) is 0. The molecule has 1 heterocycles. The van der Waals surface area contributed by atoms with Gasteiger partial charge in [0.1, 0.15) is 0 Å². The molecule has 4 heteroatoms. The SMILES string of the molecule is Cc1ccc(C(=O)N(CCCN2CCOCC2)CC2=CCC3CC2C3(C)C)cc1. The summed E-state index contributed by atoms with van der Waals surface area (Å²) < 4.78 is 5.46. The Morgan fingerprint density at radius 1 is 1.21 bits per heavy atom. The Labute approximate surface area is 175 Å². The fourth-order valence-electron chi connectivity index (χ4n) is 5.32. The van der Waals surface area contributed by atoms with Gasteiger partial charge in [0.15, 0.2) is 0 Å². The van der Waals surface area contributed by atoms with Crippen LogP contribution in [0.1, 0.15) is 49.0 Å². The molecular weight excluding hydrogens is 360 g/mol. The minimum absolute atomic E-state index is 0.173. The number of ether oxygens (including phenoxy) is 1. The third-order valence-electron chi connectivity index (χ3n) is 7.55. The van der Waals surface area contributed by atoms with E-state index in [1.54, 1.807) is 0 Å². The van der Waals surface area contributed by atoms with Crippen molar-refractivity contribution in [2.75, 3.05) is 45.9 Å². The highest BCUT2D eigenvalue weighted by Crippen LogP contribution is 2.59. The molecule has 1 aromatic carbocycles. The molecule has 1 saturated heterocycles. The van der Waals surface area contributed by atoms with Crippen LogP contribution in [0.4, 0.5) is 0 Å². The van der Waals surface area contributed by atoms with Crippen molar-refractivity contribution in [3.8, 4) is 0 Å². The van der Waals surface area contributed by atoms with Crippen molar-refractivity contribution in [3.05, 3.63) is 47.0 Å². The number of hydrogen-bond acceptors (Lipinski definition) is 3. The van der Waals surface area contributed by atoms with E-state index in [0.717, 1.165) is 63.8 Å². The average Bonchev–Trinajstić information content (AvgIpc) is 2.74. The first-order valence-corrected chi connectivity index (χ1v) is 11.3. The number of carbonyl (C=O) groups excluding carboxylic acids is 1. The summed E-state index contributed by atoms with van der Waals surface area (Å²) in [6.07, 6.45) is 5.93. The summed E-state index contributed by atoms with van der Waals surface area (Å²) in [5.41, 5.74) is 3.89. The lowest BCUT2D eigenvalue weighted by molar-refractivity contribution is -0.0104. The van der Waals surface area contributed by atoms with Crippen LogP contribution in [-0.4, -0.2) is 61.6 Å². The molecule has 0 spiro atoms. The molecule has 29 heavy (non-hydrogen) atoms. The number of rotatable bonds is 7. The first-order chi connectivity index (χ1) is 13.9. The van der Waals surface area contributed by atoms with Crippen LogP contribution >= 0.6 is 0 Å². The van der Waals surface area contributed by atoms with E-state index in [0.29, 0.717) is 11.3 Å². The molecule has 4 nitrogen and oxygen atoms in total. The summed E-state index contributed by atoms with van der Waals surface area (Å²) in [6, 6.07) is 8.04. The van der Waals surface area contributed by atoms with Crippen molar-refractivity contribution >= 4 is 5.91 Å². The van der Waals surface area contributed by atoms with Crippen molar-refractivity contribution < 1.29 is 9.53 Å². The maximum atomic E-state index is 13.4. The molecule has 1 aromatic rings. The van der Waals surface area contributed by atoms with Crippen LogP contribution in [0.25, 0.3) is 0 Å². The average molecular weight is 397 g/mol. The van der Waals surface area contributed by atoms with E-state index >= 15 is 0 Å². The van der Waals surface area contributed by atoms with Gasteiger partial charge in [-0.05, 0) is 55.6 Å². The molecular formula is C25H36N2O2. The largest absolute Gasteiger partial charge is 0.379 e. The van der Waals surface area contributed by atoms with E-state index in [1.165, 1.54) is 24.0 Å². The maximum Gasteiger partial charge on any atom is 0.254 e. The quantitative estimate of drug-likeness (QED) is 0.649. The number of aryl methyl sites for hydroxylation is 1. The molecule has 5 rings (SSSR count). The van der Waals surface area contributed by atoms with Gasteiger partial charge in [0.25, 0.3) is 5.91 Å². The third kappa shape index (κ3) is 4.44. The Balaban J connectivity index is 1.43. The number of hydrogen-bond donors (Lipinski definition) is 0. The second kappa shape index (κ2) is 8.61. The number of morpholine rings is 1. The van der Waals surface area contributed by atoms with Crippen molar-refractivity contribution in [2.45, 2.75) is 40.0 Å². The normalized spacial score (nSPS) is 25.8. The summed E-state index contributed by atoms with van der Waals surface area (Å²) >= 11 is 0. The van der Waals surface area contributed by atoms with Crippen molar-refractivity contribution in [1.82, 2.24) is 9.80 Å². The molecule has 2 atom stereocenters. The van der Waals surface area contributed by atoms with Crippen LogP contribution in [0.2, 0.25) is 0 Å². The molecule has 2 bridgehead atoms. The molecule has 158 valence electrons. The molecule has 0 radical (unpaired) electrons. The van der Waals surface area contributed by atoms with E-state index in [-0.39, 0.29) is 5.91 Å². The second-order valence-corrected chi connectivity index (χ2v) is 9.72. The second-order valence-electron chi connectivity index (χ2n) is 9.72. The van der Waals surface area contributed by atoms with Crippen LogP contribution in [0.15, 0.2) is 35.9 Å². The van der Waals surface area contributed by atoms with Gasteiger partial charge in [-0.25, -0.2) is 0 Å². The molecule has 3 aliphatic carbocycles. The maximum absolute atomic E-state index is 13.4. The lowest BCUT2D eigenvalue weighted by Crippen LogP contribution is -2.50. The van der Waals surface area contributed by atoms with Crippen LogP contribution < -0.4 is 0 Å². The van der Waals surface area contributed by atoms with Gasteiger partial charge in [-0.2, -0.15) is 0 Å². The van der Waals surface area contributed by atoms with E-state index in [4.69, 9.17) is 4.74 Å². The Kier molecular flexibility index (Phi) is 6.12. The highest BCUT2D eigenvalue weighted by Gasteiger charge is 2.51. The third-order valence-corrected chi connectivity index (χ3v) is 7.55. The minimum atomic E-state index is 0.173. The summed E-state index contributed by atoms with van der Waals surface area (Å²) in [5, 5.41) is 0. The summed E-state index contributed by atoms with van der Waals surface area (Å²) in [5.74, 6) is 1.65. The molecule has 1 aliphatic heterocycles. The van der Waals surface area contributed by atoms with Crippen LogP contribution in [0.3, 0.4) is 0 Å². The highest BCUT2D eigenvalue weighted by atomic mass is 16.5. The van der Waals surface area contributed by atoms with Crippen molar-refractivity contribution in [1.29, 1.82) is 0 Å². The van der Waals surface area contributed by atoms with E-state index in [1.807, 2.05) is 24.3 Å².